The molecule has 0 aromatic heterocycles. The molecule has 2 heteroatoms. The summed E-state index contributed by atoms with van der Waals surface area (Å²) in [5, 5.41) is 9.96. The summed E-state index contributed by atoms with van der Waals surface area (Å²) in [5.41, 5.74) is 0.439. The van der Waals surface area contributed by atoms with Crippen LogP contribution in [0.15, 0.2) is 0 Å². The zero-order valence-corrected chi connectivity index (χ0v) is 8.77. The van der Waals surface area contributed by atoms with E-state index in [1.54, 1.807) is 0 Å². The zero-order chi connectivity index (χ0) is 8.98. The minimum atomic E-state index is -0.0938. The Morgan fingerprint density at radius 1 is 1.50 bits per heavy atom. The van der Waals surface area contributed by atoms with Crippen molar-refractivity contribution < 1.29 is 5.11 Å². The van der Waals surface area contributed by atoms with E-state index in [0.717, 1.165) is 18.1 Å². The number of aliphatic hydroxyl groups excluding tert-OH is 1. The summed E-state index contributed by atoms with van der Waals surface area (Å²) >= 11 is 4.42. The Hall–Kier alpha value is 0.310. The molecule has 3 atom stereocenters. The van der Waals surface area contributed by atoms with Crippen molar-refractivity contribution in [3.63, 3.8) is 0 Å². The van der Waals surface area contributed by atoms with Crippen LogP contribution in [0.3, 0.4) is 0 Å². The van der Waals surface area contributed by atoms with Gasteiger partial charge in [0.2, 0.25) is 0 Å². The molecule has 0 amide bonds. The van der Waals surface area contributed by atoms with Gasteiger partial charge < -0.3 is 5.11 Å². The normalized spacial score (nSPS) is 50.0. The number of hydrogen-bond donors (Lipinski definition) is 2. The molecule has 2 saturated carbocycles. The minimum Gasteiger partial charge on any atom is -0.392 e. The molecule has 0 heterocycles. The van der Waals surface area contributed by atoms with Crippen molar-refractivity contribution in [1.29, 1.82) is 0 Å². The lowest BCUT2D eigenvalue weighted by molar-refractivity contribution is 0.0171. The van der Waals surface area contributed by atoms with E-state index >= 15 is 0 Å². The number of hydrogen-bond acceptors (Lipinski definition) is 2. The van der Waals surface area contributed by atoms with Gasteiger partial charge in [0, 0.05) is 5.41 Å². The van der Waals surface area contributed by atoms with Gasteiger partial charge in [-0.25, -0.2) is 0 Å². The van der Waals surface area contributed by atoms with Gasteiger partial charge in [-0.2, -0.15) is 12.6 Å². The van der Waals surface area contributed by atoms with E-state index in [2.05, 4.69) is 26.5 Å². The van der Waals surface area contributed by atoms with Crippen LogP contribution in [0.2, 0.25) is 0 Å². The van der Waals surface area contributed by atoms with Gasteiger partial charge in [0.1, 0.15) is 0 Å². The second-order valence-corrected chi connectivity index (χ2v) is 5.34. The molecule has 2 rings (SSSR count). The molecule has 1 N–H and O–H groups in total. The summed E-state index contributed by atoms with van der Waals surface area (Å²) in [6, 6.07) is 0. The topological polar surface area (TPSA) is 20.2 Å². The molecular weight excluding hydrogens is 168 g/mol. The number of aliphatic hydroxyl groups is 1. The quantitative estimate of drug-likeness (QED) is 0.601. The monoisotopic (exact) mass is 186 g/mol. The molecule has 2 aliphatic carbocycles. The molecule has 70 valence electrons. The van der Waals surface area contributed by atoms with Gasteiger partial charge in [0.25, 0.3) is 0 Å². The molecule has 2 fully saturated rings. The zero-order valence-electron chi connectivity index (χ0n) is 7.88. The Kier molecular flexibility index (Phi) is 1.79. The maximum atomic E-state index is 9.96. The third-order valence-electron chi connectivity index (χ3n) is 4.67. The molecule has 0 unspecified atom stereocenters. The first-order chi connectivity index (χ1) is 5.54. The molecule has 0 spiro atoms. The van der Waals surface area contributed by atoms with Crippen molar-refractivity contribution in [1.82, 2.24) is 0 Å². The SMILES string of the molecule is CC1(C)[C@H]2CC[C@@]1(CS)[C@H](O)C2. The third kappa shape index (κ3) is 0.759. The summed E-state index contributed by atoms with van der Waals surface area (Å²) in [6.07, 6.45) is 3.39. The van der Waals surface area contributed by atoms with Crippen LogP contribution in [-0.4, -0.2) is 17.0 Å². The molecular formula is C10H18OS. The fraction of sp³-hybridized carbons (Fsp3) is 1.00. The summed E-state index contributed by atoms with van der Waals surface area (Å²) in [6.45, 7) is 4.61. The summed E-state index contributed by atoms with van der Waals surface area (Å²) in [5.74, 6) is 1.58. The fourth-order valence-electron chi connectivity index (χ4n) is 3.41. The average Bonchev–Trinajstić information content (AvgIpc) is 2.36. The molecule has 0 radical (unpaired) electrons. The van der Waals surface area contributed by atoms with E-state index in [1.807, 2.05) is 0 Å². The summed E-state index contributed by atoms with van der Waals surface area (Å²) in [4.78, 5) is 0. The van der Waals surface area contributed by atoms with Crippen molar-refractivity contribution in [2.75, 3.05) is 5.75 Å². The smallest absolute Gasteiger partial charge is 0.0612 e. The van der Waals surface area contributed by atoms with Gasteiger partial charge >= 0.3 is 0 Å². The van der Waals surface area contributed by atoms with Gasteiger partial charge in [0.05, 0.1) is 6.10 Å². The highest BCUT2D eigenvalue weighted by molar-refractivity contribution is 7.80. The van der Waals surface area contributed by atoms with Crippen molar-refractivity contribution in [3.05, 3.63) is 0 Å². The minimum absolute atomic E-state index is 0.0938. The van der Waals surface area contributed by atoms with Crippen molar-refractivity contribution in [2.45, 2.75) is 39.2 Å². The molecule has 0 aromatic carbocycles. The van der Waals surface area contributed by atoms with E-state index in [4.69, 9.17) is 0 Å². The maximum absolute atomic E-state index is 9.96. The van der Waals surface area contributed by atoms with Crippen molar-refractivity contribution in [2.24, 2.45) is 16.7 Å². The van der Waals surface area contributed by atoms with Crippen LogP contribution >= 0.6 is 12.6 Å². The predicted molar refractivity (Wildman–Crippen MR) is 53.4 cm³/mol. The van der Waals surface area contributed by atoms with Crippen LogP contribution in [0.25, 0.3) is 0 Å². The van der Waals surface area contributed by atoms with E-state index in [0.29, 0.717) is 5.41 Å². The maximum Gasteiger partial charge on any atom is 0.0612 e. The van der Waals surface area contributed by atoms with Crippen LogP contribution in [-0.2, 0) is 0 Å². The molecule has 0 saturated heterocycles. The third-order valence-corrected chi connectivity index (χ3v) is 5.23. The fourth-order valence-corrected chi connectivity index (χ4v) is 4.19. The Labute approximate surface area is 80.0 Å². The Balaban J connectivity index is 2.39. The second-order valence-electron chi connectivity index (χ2n) is 5.02. The highest BCUT2D eigenvalue weighted by Gasteiger charge is 2.62. The van der Waals surface area contributed by atoms with E-state index in [-0.39, 0.29) is 11.5 Å². The van der Waals surface area contributed by atoms with Crippen LogP contribution < -0.4 is 0 Å². The van der Waals surface area contributed by atoms with E-state index in [9.17, 15) is 5.11 Å². The second kappa shape index (κ2) is 2.42. The number of fused-ring (bicyclic) bond motifs is 2. The van der Waals surface area contributed by atoms with E-state index in [1.165, 1.54) is 12.8 Å². The largest absolute Gasteiger partial charge is 0.392 e. The van der Waals surface area contributed by atoms with Crippen LogP contribution in [0.5, 0.6) is 0 Å². The first kappa shape index (κ1) is 8.89. The number of rotatable bonds is 1. The highest BCUT2D eigenvalue weighted by Crippen LogP contribution is 2.65. The molecule has 12 heavy (non-hydrogen) atoms. The van der Waals surface area contributed by atoms with Gasteiger partial charge in [-0.1, -0.05) is 13.8 Å². The number of thiol groups is 1. The lowest BCUT2D eigenvalue weighted by Gasteiger charge is -2.39. The average molecular weight is 186 g/mol. The van der Waals surface area contributed by atoms with Crippen molar-refractivity contribution >= 4 is 12.6 Å². The molecule has 2 bridgehead atoms. The van der Waals surface area contributed by atoms with Gasteiger partial charge in [0.15, 0.2) is 0 Å². The molecule has 0 aliphatic heterocycles. The van der Waals surface area contributed by atoms with Gasteiger partial charge in [-0.05, 0) is 36.3 Å². The first-order valence-corrected chi connectivity index (χ1v) is 5.47. The van der Waals surface area contributed by atoms with Crippen LogP contribution in [0.4, 0.5) is 0 Å². The standard InChI is InChI=1S/C10H18OS/c1-9(2)7-3-4-10(9,6-12)8(11)5-7/h7-8,11-12H,3-6H2,1-2H3/t7-,8+,10+/m0/s1. The molecule has 1 nitrogen and oxygen atoms in total. The molecule has 2 aliphatic rings. The predicted octanol–water partition coefficient (Wildman–Crippen LogP) is 2.10. The Morgan fingerprint density at radius 2 is 2.17 bits per heavy atom. The Morgan fingerprint density at radius 3 is 2.42 bits per heavy atom. The first-order valence-electron chi connectivity index (χ1n) is 4.83. The lowest BCUT2D eigenvalue weighted by atomic mass is 9.70. The van der Waals surface area contributed by atoms with E-state index < -0.39 is 0 Å². The lowest BCUT2D eigenvalue weighted by Crippen LogP contribution is -2.40. The summed E-state index contributed by atoms with van der Waals surface area (Å²) < 4.78 is 0. The van der Waals surface area contributed by atoms with Gasteiger partial charge in [-0.3, -0.25) is 0 Å². The van der Waals surface area contributed by atoms with Gasteiger partial charge in [-0.15, -0.1) is 0 Å². The van der Waals surface area contributed by atoms with Crippen LogP contribution in [0.1, 0.15) is 33.1 Å². The van der Waals surface area contributed by atoms with Crippen LogP contribution in [0, 0.1) is 16.7 Å². The Bertz CT molecular complexity index is 202. The highest BCUT2D eigenvalue weighted by atomic mass is 32.1. The summed E-state index contributed by atoms with van der Waals surface area (Å²) in [7, 11) is 0. The van der Waals surface area contributed by atoms with Crippen molar-refractivity contribution in [3.8, 4) is 0 Å². The molecule has 0 aromatic rings.